The van der Waals surface area contributed by atoms with Crippen molar-refractivity contribution in [3.63, 3.8) is 0 Å². The van der Waals surface area contributed by atoms with Gasteiger partial charge in [0.15, 0.2) is 0 Å². The number of nitrogens with one attached hydrogen (secondary N) is 1. The Balaban J connectivity index is 1.99. The Labute approximate surface area is 123 Å². The first-order valence-corrected chi connectivity index (χ1v) is 7.40. The van der Waals surface area contributed by atoms with Crippen LogP contribution in [0.4, 0.5) is 5.95 Å². The fraction of sp³-hybridized carbons (Fsp3) is 0.467. The fourth-order valence-corrected chi connectivity index (χ4v) is 3.00. The average molecular weight is 288 g/mol. The molecule has 112 valence electrons. The highest BCUT2D eigenvalue weighted by atomic mass is 16.6. The van der Waals surface area contributed by atoms with Crippen LogP contribution in [0.5, 0.6) is 0 Å². The molecule has 3 N–H and O–H groups in total. The van der Waals surface area contributed by atoms with Crippen molar-refractivity contribution < 1.29 is 9.63 Å². The van der Waals surface area contributed by atoms with Gasteiger partial charge >= 0.3 is 0 Å². The zero-order chi connectivity index (χ0) is 14.8. The molecular weight excluding hydrogens is 268 g/mol. The van der Waals surface area contributed by atoms with Crippen LogP contribution in [-0.2, 0) is 4.84 Å². The number of imidazole rings is 1. The molecular formula is C15H20N4O2. The number of anilines is 1. The first-order chi connectivity index (χ1) is 10.2. The number of hydroxylamine groups is 1. The largest absolute Gasteiger partial charge is 0.369 e. The molecule has 2 aromatic rings. The number of benzene rings is 1. The number of amides is 1. The third kappa shape index (κ3) is 2.58. The molecule has 0 saturated heterocycles. The molecule has 0 bridgehead atoms. The molecule has 0 spiro atoms. The Morgan fingerprint density at radius 1 is 1.48 bits per heavy atom. The van der Waals surface area contributed by atoms with Crippen LogP contribution >= 0.6 is 0 Å². The number of nitrogens with zero attached hydrogens (tertiary/aromatic N) is 2. The van der Waals surface area contributed by atoms with E-state index in [1.165, 1.54) is 12.8 Å². The van der Waals surface area contributed by atoms with E-state index < -0.39 is 0 Å². The maximum Gasteiger partial charge on any atom is 0.274 e. The fourth-order valence-electron chi connectivity index (χ4n) is 3.00. The summed E-state index contributed by atoms with van der Waals surface area (Å²) in [6, 6.07) is 5.80. The first-order valence-electron chi connectivity index (χ1n) is 7.40. The van der Waals surface area contributed by atoms with Crippen LogP contribution in [0.3, 0.4) is 0 Å². The Bertz CT molecular complexity index is 659. The van der Waals surface area contributed by atoms with Crippen molar-refractivity contribution >= 4 is 22.9 Å². The van der Waals surface area contributed by atoms with E-state index in [4.69, 9.17) is 10.6 Å². The third-order valence-electron chi connectivity index (χ3n) is 3.98. The van der Waals surface area contributed by atoms with Gasteiger partial charge in [0.2, 0.25) is 5.95 Å². The van der Waals surface area contributed by atoms with Crippen molar-refractivity contribution in [2.24, 2.45) is 0 Å². The van der Waals surface area contributed by atoms with E-state index in [-0.39, 0.29) is 5.91 Å². The molecule has 3 rings (SSSR count). The van der Waals surface area contributed by atoms with Crippen LogP contribution in [0.15, 0.2) is 18.2 Å². The van der Waals surface area contributed by atoms with Crippen molar-refractivity contribution in [2.45, 2.75) is 38.6 Å². The summed E-state index contributed by atoms with van der Waals surface area (Å²) >= 11 is 0. The summed E-state index contributed by atoms with van der Waals surface area (Å²) in [5.74, 6) is 0.274. The van der Waals surface area contributed by atoms with Crippen LogP contribution in [0.2, 0.25) is 0 Å². The Morgan fingerprint density at radius 2 is 2.24 bits per heavy atom. The van der Waals surface area contributed by atoms with Crippen LogP contribution < -0.4 is 11.2 Å². The SMILES string of the molecule is CCONC(=O)c1ccc2nc(N)n(C3CCCC3)c2c1. The second-order valence-corrected chi connectivity index (χ2v) is 5.35. The van der Waals surface area contributed by atoms with Crippen molar-refractivity contribution in [3.05, 3.63) is 23.8 Å². The lowest BCUT2D eigenvalue weighted by Gasteiger charge is -2.14. The zero-order valence-electron chi connectivity index (χ0n) is 12.1. The van der Waals surface area contributed by atoms with E-state index in [1.54, 1.807) is 6.07 Å². The van der Waals surface area contributed by atoms with Gasteiger partial charge in [0.25, 0.3) is 5.91 Å². The number of rotatable bonds is 4. The first kappa shape index (κ1) is 13.9. The molecule has 1 saturated carbocycles. The normalized spacial score (nSPS) is 15.7. The van der Waals surface area contributed by atoms with Gasteiger partial charge in [-0.05, 0) is 38.0 Å². The van der Waals surface area contributed by atoms with Crippen molar-refractivity contribution in [3.8, 4) is 0 Å². The number of nitrogen functional groups attached to an aromatic ring is 1. The average Bonchev–Trinajstić information content (AvgIpc) is 3.10. The molecule has 1 amide bonds. The van der Waals surface area contributed by atoms with Crippen LogP contribution in [0.25, 0.3) is 11.0 Å². The Hall–Kier alpha value is -2.08. The molecule has 1 aliphatic carbocycles. The number of carbonyl (C=O) groups excluding carboxylic acids is 1. The molecule has 6 heteroatoms. The van der Waals surface area contributed by atoms with E-state index >= 15 is 0 Å². The summed E-state index contributed by atoms with van der Waals surface area (Å²) in [6.45, 7) is 2.25. The summed E-state index contributed by atoms with van der Waals surface area (Å²) in [6.07, 6.45) is 4.67. The van der Waals surface area contributed by atoms with Gasteiger partial charge in [-0.2, -0.15) is 0 Å². The molecule has 1 aromatic carbocycles. The minimum atomic E-state index is -0.253. The third-order valence-corrected chi connectivity index (χ3v) is 3.98. The second kappa shape index (κ2) is 5.73. The van der Waals surface area contributed by atoms with Crippen molar-refractivity contribution in [2.75, 3.05) is 12.3 Å². The highest BCUT2D eigenvalue weighted by Crippen LogP contribution is 2.34. The standard InChI is InChI=1S/C15H20N4O2/c1-2-21-18-14(20)10-7-8-12-13(9-10)19(15(16)17-12)11-5-3-4-6-11/h7-9,11H,2-6H2,1H3,(H2,16,17)(H,18,20). The van der Waals surface area contributed by atoms with Crippen LogP contribution in [-0.4, -0.2) is 22.1 Å². The van der Waals surface area contributed by atoms with Gasteiger partial charge in [0.05, 0.1) is 17.6 Å². The topological polar surface area (TPSA) is 82.2 Å². The number of aromatic nitrogens is 2. The minimum absolute atomic E-state index is 0.253. The lowest BCUT2D eigenvalue weighted by Crippen LogP contribution is -2.23. The van der Waals surface area contributed by atoms with Crippen molar-refractivity contribution in [1.29, 1.82) is 0 Å². The Morgan fingerprint density at radius 3 is 2.95 bits per heavy atom. The predicted molar refractivity (Wildman–Crippen MR) is 80.7 cm³/mol. The molecule has 0 unspecified atom stereocenters. The monoisotopic (exact) mass is 288 g/mol. The molecule has 1 aliphatic rings. The predicted octanol–water partition coefficient (Wildman–Crippen LogP) is 2.41. The summed E-state index contributed by atoms with van der Waals surface area (Å²) in [5, 5.41) is 0. The summed E-state index contributed by atoms with van der Waals surface area (Å²) in [4.78, 5) is 21.3. The zero-order valence-corrected chi connectivity index (χ0v) is 12.1. The molecule has 0 aliphatic heterocycles. The quantitative estimate of drug-likeness (QED) is 0.846. The maximum absolute atomic E-state index is 12.0. The minimum Gasteiger partial charge on any atom is -0.369 e. The molecule has 1 aromatic heterocycles. The number of carbonyl (C=O) groups is 1. The molecule has 0 radical (unpaired) electrons. The van der Waals surface area contributed by atoms with Gasteiger partial charge < -0.3 is 10.3 Å². The van der Waals surface area contributed by atoms with Gasteiger partial charge in [0, 0.05) is 11.6 Å². The highest BCUT2D eigenvalue weighted by molar-refractivity contribution is 5.97. The molecule has 6 nitrogen and oxygen atoms in total. The summed E-state index contributed by atoms with van der Waals surface area (Å²) in [7, 11) is 0. The van der Waals surface area contributed by atoms with Crippen LogP contribution in [0, 0.1) is 0 Å². The van der Waals surface area contributed by atoms with Crippen molar-refractivity contribution in [1.82, 2.24) is 15.0 Å². The number of hydrogen-bond acceptors (Lipinski definition) is 4. The highest BCUT2D eigenvalue weighted by Gasteiger charge is 2.22. The lowest BCUT2D eigenvalue weighted by atomic mass is 10.1. The van der Waals surface area contributed by atoms with Gasteiger partial charge in [0.1, 0.15) is 0 Å². The Kier molecular flexibility index (Phi) is 3.79. The maximum atomic E-state index is 12.0. The molecule has 1 fully saturated rings. The van der Waals surface area contributed by atoms with E-state index in [0.717, 1.165) is 23.9 Å². The van der Waals surface area contributed by atoms with Gasteiger partial charge in [-0.1, -0.05) is 12.8 Å². The second-order valence-electron chi connectivity index (χ2n) is 5.35. The molecule has 1 heterocycles. The smallest absolute Gasteiger partial charge is 0.274 e. The number of hydrogen-bond donors (Lipinski definition) is 2. The van der Waals surface area contributed by atoms with Gasteiger partial charge in [-0.3, -0.25) is 9.63 Å². The van der Waals surface area contributed by atoms with Crippen LogP contribution in [0.1, 0.15) is 49.0 Å². The van der Waals surface area contributed by atoms with Gasteiger partial charge in [-0.25, -0.2) is 10.5 Å². The molecule has 0 atom stereocenters. The van der Waals surface area contributed by atoms with Gasteiger partial charge in [-0.15, -0.1) is 0 Å². The molecule has 21 heavy (non-hydrogen) atoms. The van der Waals surface area contributed by atoms with E-state index in [0.29, 0.717) is 24.2 Å². The number of nitrogens with two attached hydrogens (primary N) is 1. The van der Waals surface area contributed by atoms with E-state index in [9.17, 15) is 4.79 Å². The van der Waals surface area contributed by atoms with E-state index in [2.05, 4.69) is 15.0 Å². The summed E-state index contributed by atoms with van der Waals surface area (Å²) in [5.41, 5.74) is 10.8. The summed E-state index contributed by atoms with van der Waals surface area (Å²) < 4.78 is 2.07. The lowest BCUT2D eigenvalue weighted by molar-refractivity contribution is 0.0364. The van der Waals surface area contributed by atoms with E-state index in [1.807, 2.05) is 19.1 Å². The number of fused-ring (bicyclic) bond motifs is 1.